The second kappa shape index (κ2) is 5.72. The Labute approximate surface area is 121 Å². The van der Waals surface area contributed by atoms with Crippen LogP contribution >= 0.6 is 11.6 Å². The summed E-state index contributed by atoms with van der Waals surface area (Å²) in [6.45, 7) is 6.01. The molecule has 2 heterocycles. The second-order valence-corrected chi connectivity index (χ2v) is 6.27. The van der Waals surface area contributed by atoms with Crippen LogP contribution < -0.4 is 4.90 Å². The van der Waals surface area contributed by atoms with Crippen LogP contribution in [0.2, 0.25) is 5.02 Å². The van der Waals surface area contributed by atoms with Crippen LogP contribution in [-0.4, -0.2) is 36.6 Å². The first-order chi connectivity index (χ1) is 9.28. The van der Waals surface area contributed by atoms with E-state index in [1.807, 2.05) is 12.1 Å². The number of anilines is 1. The van der Waals surface area contributed by atoms with Gasteiger partial charge in [0.1, 0.15) is 0 Å². The Morgan fingerprint density at radius 1 is 1.16 bits per heavy atom. The van der Waals surface area contributed by atoms with Gasteiger partial charge in [0, 0.05) is 35.9 Å². The number of rotatable bonds is 2. The monoisotopic (exact) mass is 278 g/mol. The van der Waals surface area contributed by atoms with E-state index in [1.54, 1.807) is 0 Å². The van der Waals surface area contributed by atoms with E-state index in [1.165, 1.54) is 51.0 Å². The maximum Gasteiger partial charge on any atom is 0.0415 e. The van der Waals surface area contributed by atoms with Crippen molar-refractivity contribution in [3.05, 3.63) is 29.3 Å². The molecule has 2 aliphatic heterocycles. The van der Waals surface area contributed by atoms with E-state index in [2.05, 4.69) is 28.9 Å². The van der Waals surface area contributed by atoms with Crippen LogP contribution in [0.1, 0.15) is 32.6 Å². The highest BCUT2D eigenvalue weighted by atomic mass is 35.5. The SMILES string of the molecule is CCC1CN2CCCCC2CN1c1ccc(Cl)cc1. The fourth-order valence-corrected chi connectivity index (χ4v) is 3.68. The van der Waals surface area contributed by atoms with Crippen LogP contribution in [0.5, 0.6) is 0 Å². The standard InChI is InChI=1S/C16H23ClN2/c1-2-14-11-18-10-4-3-5-16(18)12-19(14)15-8-6-13(17)7-9-15/h6-9,14,16H,2-5,10-12H2,1H3. The number of hydrogen-bond acceptors (Lipinski definition) is 2. The Balaban J connectivity index is 1.80. The van der Waals surface area contributed by atoms with Crippen LogP contribution in [0.25, 0.3) is 0 Å². The molecule has 0 aliphatic carbocycles. The van der Waals surface area contributed by atoms with Gasteiger partial charge in [-0.05, 0) is 50.1 Å². The number of benzene rings is 1. The Bertz CT molecular complexity index is 417. The van der Waals surface area contributed by atoms with Crippen LogP contribution in [0.15, 0.2) is 24.3 Å². The van der Waals surface area contributed by atoms with Crippen molar-refractivity contribution in [3.63, 3.8) is 0 Å². The Hall–Kier alpha value is -0.730. The molecule has 2 atom stereocenters. The minimum Gasteiger partial charge on any atom is -0.366 e. The quantitative estimate of drug-likeness (QED) is 0.812. The van der Waals surface area contributed by atoms with Gasteiger partial charge < -0.3 is 4.90 Å². The molecule has 0 amide bonds. The van der Waals surface area contributed by atoms with Gasteiger partial charge in [-0.1, -0.05) is 24.9 Å². The molecule has 0 radical (unpaired) electrons. The van der Waals surface area contributed by atoms with E-state index in [4.69, 9.17) is 11.6 Å². The van der Waals surface area contributed by atoms with Gasteiger partial charge in [-0.3, -0.25) is 4.90 Å². The summed E-state index contributed by atoms with van der Waals surface area (Å²) in [5.41, 5.74) is 1.33. The fourth-order valence-electron chi connectivity index (χ4n) is 3.55. The van der Waals surface area contributed by atoms with Crippen molar-refractivity contribution in [2.75, 3.05) is 24.5 Å². The highest BCUT2D eigenvalue weighted by Crippen LogP contribution is 2.29. The smallest absolute Gasteiger partial charge is 0.0415 e. The molecule has 3 heteroatoms. The Kier molecular flexibility index (Phi) is 3.99. The van der Waals surface area contributed by atoms with Crippen LogP contribution in [0.3, 0.4) is 0 Å². The maximum absolute atomic E-state index is 6.00. The van der Waals surface area contributed by atoms with E-state index in [0.717, 1.165) is 11.1 Å². The number of halogens is 1. The van der Waals surface area contributed by atoms with Gasteiger partial charge in [0.05, 0.1) is 0 Å². The third kappa shape index (κ3) is 2.75. The van der Waals surface area contributed by atoms with Gasteiger partial charge in [0.25, 0.3) is 0 Å². The normalized spacial score (nSPS) is 28.2. The predicted molar refractivity (Wildman–Crippen MR) is 82.1 cm³/mol. The lowest BCUT2D eigenvalue weighted by molar-refractivity contribution is 0.111. The summed E-state index contributed by atoms with van der Waals surface area (Å²) in [6.07, 6.45) is 5.35. The molecule has 104 valence electrons. The van der Waals surface area contributed by atoms with Crippen LogP contribution in [0, 0.1) is 0 Å². The van der Waals surface area contributed by atoms with Gasteiger partial charge in [-0.25, -0.2) is 0 Å². The van der Waals surface area contributed by atoms with E-state index >= 15 is 0 Å². The molecule has 2 aliphatic rings. The van der Waals surface area contributed by atoms with Gasteiger partial charge in [-0.15, -0.1) is 0 Å². The van der Waals surface area contributed by atoms with E-state index in [0.29, 0.717) is 6.04 Å². The second-order valence-electron chi connectivity index (χ2n) is 5.84. The van der Waals surface area contributed by atoms with Crippen molar-refractivity contribution in [1.82, 2.24) is 4.90 Å². The molecule has 2 saturated heterocycles. The zero-order valence-corrected chi connectivity index (χ0v) is 12.4. The molecular weight excluding hydrogens is 256 g/mol. The summed E-state index contributed by atoms with van der Waals surface area (Å²) in [4.78, 5) is 5.31. The van der Waals surface area contributed by atoms with Crippen molar-refractivity contribution in [2.45, 2.75) is 44.7 Å². The highest BCUT2D eigenvalue weighted by molar-refractivity contribution is 6.30. The predicted octanol–water partition coefficient (Wildman–Crippen LogP) is 3.79. The molecular formula is C16H23ClN2. The first-order valence-corrected chi connectivity index (χ1v) is 7.92. The van der Waals surface area contributed by atoms with E-state index < -0.39 is 0 Å². The third-order valence-corrected chi connectivity index (χ3v) is 4.92. The minimum atomic E-state index is 0.649. The molecule has 1 aromatic carbocycles. The van der Waals surface area contributed by atoms with Crippen molar-refractivity contribution < 1.29 is 0 Å². The third-order valence-electron chi connectivity index (χ3n) is 4.67. The lowest BCUT2D eigenvalue weighted by atomic mass is 9.95. The van der Waals surface area contributed by atoms with E-state index in [9.17, 15) is 0 Å². The van der Waals surface area contributed by atoms with Crippen molar-refractivity contribution in [1.29, 1.82) is 0 Å². The number of fused-ring (bicyclic) bond motifs is 1. The number of piperazine rings is 1. The number of nitrogens with zero attached hydrogens (tertiary/aromatic N) is 2. The molecule has 2 unspecified atom stereocenters. The molecule has 0 saturated carbocycles. The molecule has 19 heavy (non-hydrogen) atoms. The van der Waals surface area contributed by atoms with Gasteiger partial charge in [0.15, 0.2) is 0 Å². The lowest BCUT2D eigenvalue weighted by Gasteiger charge is -2.49. The van der Waals surface area contributed by atoms with Crippen LogP contribution in [-0.2, 0) is 0 Å². The van der Waals surface area contributed by atoms with Crippen LogP contribution in [0.4, 0.5) is 5.69 Å². The molecule has 1 aromatic rings. The van der Waals surface area contributed by atoms with Gasteiger partial charge in [-0.2, -0.15) is 0 Å². The van der Waals surface area contributed by atoms with E-state index in [-0.39, 0.29) is 0 Å². The molecule has 2 fully saturated rings. The summed E-state index contributed by atoms with van der Waals surface area (Å²) < 4.78 is 0. The first-order valence-electron chi connectivity index (χ1n) is 7.54. The highest BCUT2D eigenvalue weighted by Gasteiger charge is 2.34. The molecule has 0 bridgehead atoms. The largest absolute Gasteiger partial charge is 0.366 e. The van der Waals surface area contributed by atoms with Crippen molar-refractivity contribution >= 4 is 17.3 Å². The molecule has 3 rings (SSSR count). The summed E-state index contributed by atoms with van der Waals surface area (Å²) >= 11 is 6.00. The summed E-state index contributed by atoms with van der Waals surface area (Å²) in [6, 6.07) is 9.77. The Morgan fingerprint density at radius 2 is 1.95 bits per heavy atom. The Morgan fingerprint density at radius 3 is 2.68 bits per heavy atom. The molecule has 0 spiro atoms. The van der Waals surface area contributed by atoms with Gasteiger partial charge in [0.2, 0.25) is 0 Å². The summed E-state index contributed by atoms with van der Waals surface area (Å²) in [5.74, 6) is 0. The maximum atomic E-state index is 6.00. The molecule has 2 nitrogen and oxygen atoms in total. The fraction of sp³-hybridized carbons (Fsp3) is 0.625. The van der Waals surface area contributed by atoms with Crippen molar-refractivity contribution in [3.8, 4) is 0 Å². The molecule has 0 aromatic heterocycles. The summed E-state index contributed by atoms with van der Waals surface area (Å²) in [7, 11) is 0. The minimum absolute atomic E-state index is 0.649. The average molecular weight is 279 g/mol. The number of hydrogen-bond donors (Lipinski definition) is 0. The average Bonchev–Trinajstić information content (AvgIpc) is 2.46. The zero-order valence-electron chi connectivity index (χ0n) is 11.7. The summed E-state index contributed by atoms with van der Waals surface area (Å²) in [5, 5.41) is 0.827. The van der Waals surface area contributed by atoms with Crippen molar-refractivity contribution in [2.24, 2.45) is 0 Å². The molecule has 0 N–H and O–H groups in total. The first kappa shape index (κ1) is 13.3. The topological polar surface area (TPSA) is 6.48 Å². The van der Waals surface area contributed by atoms with Gasteiger partial charge >= 0.3 is 0 Å². The zero-order chi connectivity index (χ0) is 13.2. The number of piperidine rings is 1. The lowest BCUT2D eigenvalue weighted by Crippen LogP contribution is -2.59.